The van der Waals surface area contributed by atoms with Gasteiger partial charge < -0.3 is 14.8 Å². The number of amides is 2. The molecule has 1 N–H and O–H groups in total. The van der Waals surface area contributed by atoms with Gasteiger partial charge in [-0.15, -0.1) is 0 Å². The van der Waals surface area contributed by atoms with Crippen molar-refractivity contribution in [2.75, 3.05) is 19.6 Å². The van der Waals surface area contributed by atoms with E-state index in [2.05, 4.69) is 20.4 Å². The van der Waals surface area contributed by atoms with Gasteiger partial charge in [0.25, 0.3) is 11.8 Å². The molecule has 3 aromatic rings. The summed E-state index contributed by atoms with van der Waals surface area (Å²) in [7, 11) is 3.59. The van der Waals surface area contributed by atoms with Gasteiger partial charge in [-0.3, -0.25) is 19.3 Å². The molecule has 0 aromatic carbocycles. The Bertz CT molecular complexity index is 1030. The molecule has 4 heterocycles. The predicted molar refractivity (Wildman–Crippen MR) is 106 cm³/mol. The number of carbonyl (C=O) groups is 2. The molecule has 0 spiro atoms. The molecule has 1 fully saturated rings. The molecule has 0 unspecified atom stereocenters. The second kappa shape index (κ2) is 7.86. The van der Waals surface area contributed by atoms with Crippen LogP contribution in [0, 0.1) is 0 Å². The molecular formula is C20H23N7O2. The number of hydrogen-bond acceptors (Lipinski definition) is 5. The summed E-state index contributed by atoms with van der Waals surface area (Å²) in [6.45, 7) is 1.86. The van der Waals surface area contributed by atoms with Crippen LogP contribution in [0.25, 0.3) is 11.3 Å². The topological polar surface area (TPSA) is 97.9 Å². The molecular weight excluding hydrogens is 370 g/mol. The van der Waals surface area contributed by atoms with Crippen LogP contribution < -0.4 is 5.32 Å². The van der Waals surface area contributed by atoms with E-state index in [4.69, 9.17) is 0 Å². The van der Waals surface area contributed by atoms with Gasteiger partial charge in [0, 0.05) is 64.3 Å². The van der Waals surface area contributed by atoms with Crippen molar-refractivity contribution in [3.63, 3.8) is 0 Å². The molecule has 2 amide bonds. The van der Waals surface area contributed by atoms with Crippen molar-refractivity contribution in [2.45, 2.75) is 12.8 Å². The number of carbonyl (C=O) groups excluding carboxylic acids is 2. The van der Waals surface area contributed by atoms with E-state index >= 15 is 0 Å². The van der Waals surface area contributed by atoms with Crippen molar-refractivity contribution < 1.29 is 9.59 Å². The summed E-state index contributed by atoms with van der Waals surface area (Å²) in [4.78, 5) is 35.7. The fraction of sp³-hybridized carbons (Fsp3) is 0.350. The van der Waals surface area contributed by atoms with E-state index < -0.39 is 0 Å². The monoisotopic (exact) mass is 393 g/mol. The first-order valence-corrected chi connectivity index (χ1v) is 9.56. The summed E-state index contributed by atoms with van der Waals surface area (Å²) in [6.07, 6.45) is 8.47. The quantitative estimate of drug-likeness (QED) is 0.675. The highest BCUT2D eigenvalue weighted by Gasteiger charge is 2.28. The standard InChI is InChI=1S/C20H23N7O2/c1-25-13-16(14-5-3-7-21-11-14)24-17(25)6-8-22-19(28)18-15(12-23-26(18)2)20(29)27-9-4-10-27/h3,5,7,11-13H,4,6,8-10H2,1-2H3,(H,22,28). The summed E-state index contributed by atoms with van der Waals surface area (Å²) in [5.41, 5.74) is 2.43. The van der Waals surface area contributed by atoms with Gasteiger partial charge in [0.05, 0.1) is 17.5 Å². The van der Waals surface area contributed by atoms with E-state index in [-0.39, 0.29) is 17.5 Å². The molecule has 9 nitrogen and oxygen atoms in total. The molecule has 9 heteroatoms. The predicted octanol–water partition coefficient (Wildman–Crippen LogP) is 1.03. The molecule has 0 saturated carbocycles. The molecule has 1 aliphatic rings. The highest BCUT2D eigenvalue weighted by Crippen LogP contribution is 2.17. The Kier molecular flexibility index (Phi) is 5.11. The smallest absolute Gasteiger partial charge is 0.270 e. The highest BCUT2D eigenvalue weighted by atomic mass is 16.2. The Labute approximate surface area is 168 Å². The highest BCUT2D eigenvalue weighted by molar-refractivity contribution is 6.06. The molecule has 4 rings (SSSR count). The van der Waals surface area contributed by atoms with Crippen molar-refractivity contribution in [1.82, 2.24) is 34.5 Å². The average molecular weight is 393 g/mol. The maximum absolute atomic E-state index is 12.7. The molecule has 1 saturated heterocycles. The molecule has 0 aliphatic carbocycles. The molecule has 0 bridgehead atoms. The molecule has 29 heavy (non-hydrogen) atoms. The lowest BCUT2D eigenvalue weighted by Crippen LogP contribution is -2.43. The maximum atomic E-state index is 12.7. The Hall–Kier alpha value is -3.49. The number of nitrogens with one attached hydrogen (secondary N) is 1. The van der Waals surface area contributed by atoms with E-state index in [0.717, 1.165) is 36.6 Å². The number of hydrogen-bond donors (Lipinski definition) is 1. The first kappa shape index (κ1) is 18.9. The molecule has 1 aliphatic heterocycles. The normalized spacial score (nSPS) is 13.2. The fourth-order valence-electron chi connectivity index (χ4n) is 3.31. The lowest BCUT2D eigenvalue weighted by atomic mass is 10.1. The van der Waals surface area contributed by atoms with E-state index in [9.17, 15) is 9.59 Å². The molecule has 0 atom stereocenters. The number of nitrogens with zero attached hydrogens (tertiary/aromatic N) is 6. The third kappa shape index (κ3) is 3.75. The second-order valence-corrected chi connectivity index (χ2v) is 7.08. The Morgan fingerprint density at radius 3 is 2.72 bits per heavy atom. The zero-order valence-corrected chi connectivity index (χ0v) is 16.5. The number of aromatic nitrogens is 5. The molecule has 3 aromatic heterocycles. The van der Waals surface area contributed by atoms with Crippen molar-refractivity contribution in [1.29, 1.82) is 0 Å². The van der Waals surface area contributed by atoms with Crippen LogP contribution in [0.3, 0.4) is 0 Å². The summed E-state index contributed by atoms with van der Waals surface area (Å²) in [5, 5.41) is 6.99. The van der Waals surface area contributed by atoms with Crippen LogP contribution in [0.15, 0.2) is 36.9 Å². The molecule has 150 valence electrons. The van der Waals surface area contributed by atoms with Gasteiger partial charge in [-0.25, -0.2) is 4.98 Å². The van der Waals surface area contributed by atoms with Crippen LogP contribution >= 0.6 is 0 Å². The van der Waals surface area contributed by atoms with E-state index in [1.807, 2.05) is 29.9 Å². The lowest BCUT2D eigenvalue weighted by molar-refractivity contribution is 0.0647. The van der Waals surface area contributed by atoms with Gasteiger partial charge in [-0.1, -0.05) is 0 Å². The van der Waals surface area contributed by atoms with E-state index in [0.29, 0.717) is 18.5 Å². The summed E-state index contributed by atoms with van der Waals surface area (Å²) in [5.74, 6) is 0.404. The number of likely N-dealkylation sites (tertiary alicyclic amines) is 1. The minimum absolute atomic E-state index is 0.139. The van der Waals surface area contributed by atoms with Gasteiger partial charge in [0.15, 0.2) is 0 Å². The van der Waals surface area contributed by atoms with Gasteiger partial charge in [0.2, 0.25) is 0 Å². The number of imidazole rings is 1. The van der Waals surface area contributed by atoms with E-state index in [1.165, 1.54) is 10.9 Å². The van der Waals surface area contributed by atoms with Crippen molar-refractivity contribution in [3.05, 3.63) is 54.0 Å². The molecule has 0 radical (unpaired) electrons. The number of pyridine rings is 1. The van der Waals surface area contributed by atoms with Crippen LogP contribution in [0.2, 0.25) is 0 Å². The third-order valence-electron chi connectivity index (χ3n) is 5.09. The van der Waals surface area contributed by atoms with Crippen LogP contribution in [-0.4, -0.2) is 60.7 Å². The summed E-state index contributed by atoms with van der Waals surface area (Å²) < 4.78 is 3.39. The van der Waals surface area contributed by atoms with Crippen LogP contribution in [-0.2, 0) is 20.5 Å². The second-order valence-electron chi connectivity index (χ2n) is 7.08. The van der Waals surface area contributed by atoms with Crippen LogP contribution in [0.4, 0.5) is 0 Å². The summed E-state index contributed by atoms with van der Waals surface area (Å²) in [6, 6.07) is 3.83. The first-order chi connectivity index (χ1) is 14.0. The Morgan fingerprint density at radius 2 is 2.03 bits per heavy atom. The minimum atomic E-state index is -0.310. The zero-order chi connectivity index (χ0) is 20.4. The summed E-state index contributed by atoms with van der Waals surface area (Å²) >= 11 is 0. The van der Waals surface area contributed by atoms with Crippen LogP contribution in [0.5, 0.6) is 0 Å². The largest absolute Gasteiger partial charge is 0.350 e. The van der Waals surface area contributed by atoms with E-state index in [1.54, 1.807) is 24.3 Å². The van der Waals surface area contributed by atoms with Gasteiger partial charge in [-0.2, -0.15) is 5.10 Å². The van der Waals surface area contributed by atoms with Crippen molar-refractivity contribution in [3.8, 4) is 11.3 Å². The Balaban J connectivity index is 1.41. The van der Waals surface area contributed by atoms with Gasteiger partial charge >= 0.3 is 0 Å². The van der Waals surface area contributed by atoms with Crippen molar-refractivity contribution in [2.24, 2.45) is 14.1 Å². The van der Waals surface area contributed by atoms with Crippen LogP contribution in [0.1, 0.15) is 33.1 Å². The maximum Gasteiger partial charge on any atom is 0.270 e. The minimum Gasteiger partial charge on any atom is -0.350 e. The van der Waals surface area contributed by atoms with Crippen molar-refractivity contribution >= 4 is 11.8 Å². The number of aryl methyl sites for hydroxylation is 2. The van der Waals surface area contributed by atoms with Gasteiger partial charge in [0.1, 0.15) is 11.5 Å². The fourth-order valence-corrected chi connectivity index (χ4v) is 3.31. The zero-order valence-electron chi connectivity index (χ0n) is 16.5. The number of rotatable bonds is 6. The first-order valence-electron chi connectivity index (χ1n) is 9.56. The lowest BCUT2D eigenvalue weighted by Gasteiger charge is -2.30. The Morgan fingerprint density at radius 1 is 1.21 bits per heavy atom. The SMILES string of the molecule is Cn1cc(-c2cccnc2)nc1CCNC(=O)c1c(C(=O)N2CCC2)cnn1C. The third-order valence-corrected chi connectivity index (χ3v) is 5.09. The average Bonchev–Trinajstić information content (AvgIpc) is 3.24. The van der Waals surface area contributed by atoms with Gasteiger partial charge in [-0.05, 0) is 18.6 Å².